The zero-order valence-corrected chi connectivity index (χ0v) is 30.7. The lowest BCUT2D eigenvalue weighted by Gasteiger charge is -2.36. The maximum absolute atomic E-state index is 2.46. The van der Waals surface area contributed by atoms with Crippen molar-refractivity contribution in [2.45, 2.75) is 31.1 Å². The summed E-state index contributed by atoms with van der Waals surface area (Å²) in [6.45, 7) is 0. The van der Waals surface area contributed by atoms with Crippen molar-refractivity contribution in [3.63, 3.8) is 0 Å². The number of benzene rings is 8. The highest BCUT2D eigenvalue weighted by molar-refractivity contribution is 6.09. The zero-order valence-electron chi connectivity index (χ0n) is 30.7. The molecule has 3 unspecified atom stereocenters. The Morgan fingerprint density at radius 2 is 1.15 bits per heavy atom. The van der Waals surface area contributed by atoms with Crippen LogP contribution in [0.4, 0.5) is 17.1 Å². The van der Waals surface area contributed by atoms with Crippen LogP contribution in [0.2, 0.25) is 0 Å². The van der Waals surface area contributed by atoms with Gasteiger partial charge in [0.05, 0.1) is 11.0 Å². The van der Waals surface area contributed by atoms with E-state index in [4.69, 9.17) is 0 Å². The third-order valence-electron chi connectivity index (χ3n) is 13.4. The predicted octanol–water partition coefficient (Wildman–Crippen LogP) is 14.2. The van der Waals surface area contributed by atoms with Crippen molar-refractivity contribution in [1.29, 1.82) is 0 Å². The maximum atomic E-state index is 2.46. The number of aromatic nitrogens is 1. The Kier molecular flexibility index (Phi) is 6.66. The third-order valence-corrected chi connectivity index (χ3v) is 13.4. The molecule has 262 valence electrons. The maximum Gasteiger partial charge on any atom is 0.0541 e. The molecule has 2 saturated carbocycles. The Labute approximate surface area is 321 Å². The fourth-order valence-corrected chi connectivity index (χ4v) is 11.2. The summed E-state index contributed by atoms with van der Waals surface area (Å²) < 4.78 is 2.41. The van der Waals surface area contributed by atoms with Gasteiger partial charge >= 0.3 is 0 Å². The van der Waals surface area contributed by atoms with Crippen molar-refractivity contribution in [2.75, 3.05) is 4.90 Å². The number of nitrogens with zero attached hydrogens (tertiary/aromatic N) is 2. The number of anilines is 3. The fourth-order valence-electron chi connectivity index (χ4n) is 11.2. The van der Waals surface area contributed by atoms with Gasteiger partial charge in [-0.2, -0.15) is 0 Å². The average Bonchev–Trinajstić information content (AvgIpc) is 4.02. The van der Waals surface area contributed by atoms with Crippen LogP contribution in [0.15, 0.2) is 182 Å². The van der Waals surface area contributed by atoms with Gasteiger partial charge in [0.2, 0.25) is 0 Å². The van der Waals surface area contributed by atoms with Gasteiger partial charge < -0.3 is 9.47 Å². The molecule has 12 rings (SSSR count). The van der Waals surface area contributed by atoms with Crippen LogP contribution in [0.5, 0.6) is 0 Å². The number of rotatable bonds is 5. The molecule has 9 aromatic rings. The van der Waals surface area contributed by atoms with E-state index in [0.717, 1.165) is 34.6 Å². The molecule has 0 amide bonds. The molecule has 8 aromatic carbocycles. The highest BCUT2D eigenvalue weighted by atomic mass is 15.1. The molecule has 3 aliphatic rings. The zero-order chi connectivity index (χ0) is 36.1. The van der Waals surface area contributed by atoms with E-state index < -0.39 is 0 Å². The van der Waals surface area contributed by atoms with Gasteiger partial charge in [-0.3, -0.25) is 0 Å². The molecule has 0 radical (unpaired) electrons. The van der Waals surface area contributed by atoms with Crippen molar-refractivity contribution in [3.05, 3.63) is 193 Å². The van der Waals surface area contributed by atoms with Crippen molar-refractivity contribution in [3.8, 4) is 27.9 Å². The average molecular weight is 705 g/mol. The largest absolute Gasteiger partial charge is 0.310 e. The summed E-state index contributed by atoms with van der Waals surface area (Å²) in [5.41, 5.74) is 15.8. The van der Waals surface area contributed by atoms with Crippen LogP contribution in [0.3, 0.4) is 0 Å². The second kappa shape index (κ2) is 11.8. The quantitative estimate of drug-likeness (QED) is 0.173. The number of hydrogen-bond donors (Lipinski definition) is 0. The first-order valence-corrected chi connectivity index (χ1v) is 20.0. The molecule has 2 nitrogen and oxygen atoms in total. The van der Waals surface area contributed by atoms with Gasteiger partial charge in [0.15, 0.2) is 0 Å². The molecule has 1 heterocycles. The summed E-state index contributed by atoms with van der Waals surface area (Å²) in [5.74, 6) is 1.62. The highest BCUT2D eigenvalue weighted by Gasteiger charge is 2.56. The molecule has 3 atom stereocenters. The minimum absolute atomic E-state index is 0.180. The van der Waals surface area contributed by atoms with Gasteiger partial charge in [-0.05, 0) is 130 Å². The summed E-state index contributed by atoms with van der Waals surface area (Å²) >= 11 is 0. The summed E-state index contributed by atoms with van der Waals surface area (Å²) in [6, 6.07) is 67.8. The van der Waals surface area contributed by atoms with Crippen LogP contribution in [0.25, 0.3) is 60.5 Å². The van der Waals surface area contributed by atoms with Crippen molar-refractivity contribution in [1.82, 2.24) is 4.57 Å². The van der Waals surface area contributed by atoms with E-state index in [9.17, 15) is 0 Å². The van der Waals surface area contributed by atoms with E-state index in [2.05, 4.69) is 191 Å². The predicted molar refractivity (Wildman–Crippen MR) is 230 cm³/mol. The molecular weight excluding hydrogens is 665 g/mol. The Bertz CT molecular complexity index is 2920. The number of fused-ring (bicyclic) bond motifs is 12. The second-order valence-corrected chi connectivity index (χ2v) is 16.1. The standard InChI is InChI=1S/C53H40N2/c1-2-12-38-32-43(30-24-36(38)11-1)54(41-13-9-14-42(33-41)55-50-21-7-4-15-45(50)46-16-5-8-22-51(46)55)40-28-25-37(26-29-40)44-18-10-20-49-52(44)47-17-3-6-19-48(47)53(49)34-35-23-27-39(53)31-35/h1-22,24-26,28-30,32-33,35,39H,23,27,31,34H2. The topological polar surface area (TPSA) is 8.17 Å². The van der Waals surface area contributed by atoms with E-state index >= 15 is 0 Å². The molecule has 55 heavy (non-hydrogen) atoms. The van der Waals surface area contributed by atoms with Gasteiger partial charge in [-0.25, -0.2) is 0 Å². The molecule has 2 bridgehead atoms. The van der Waals surface area contributed by atoms with Crippen molar-refractivity contribution < 1.29 is 0 Å². The van der Waals surface area contributed by atoms with Crippen LogP contribution in [-0.4, -0.2) is 4.57 Å². The number of para-hydroxylation sites is 2. The summed E-state index contributed by atoms with van der Waals surface area (Å²) in [6.07, 6.45) is 5.45. The summed E-state index contributed by atoms with van der Waals surface area (Å²) in [4.78, 5) is 2.42. The van der Waals surface area contributed by atoms with Crippen LogP contribution < -0.4 is 4.90 Å². The van der Waals surface area contributed by atoms with E-state index in [1.54, 1.807) is 11.1 Å². The molecule has 2 fully saturated rings. The van der Waals surface area contributed by atoms with Gasteiger partial charge in [0.25, 0.3) is 0 Å². The van der Waals surface area contributed by atoms with Gasteiger partial charge in [0, 0.05) is 38.9 Å². The molecule has 0 saturated heterocycles. The minimum atomic E-state index is 0.180. The Balaban J connectivity index is 1.01. The lowest BCUT2D eigenvalue weighted by molar-refractivity contribution is 0.327. The first-order valence-electron chi connectivity index (χ1n) is 20.0. The highest BCUT2D eigenvalue weighted by Crippen LogP contribution is 2.66. The summed E-state index contributed by atoms with van der Waals surface area (Å²) in [5, 5.41) is 5.01. The van der Waals surface area contributed by atoms with E-state index in [-0.39, 0.29) is 5.41 Å². The lowest BCUT2D eigenvalue weighted by Crippen LogP contribution is -2.31. The molecule has 1 spiro atoms. The Hall–Kier alpha value is -6.38. The molecule has 1 aromatic heterocycles. The third kappa shape index (κ3) is 4.49. The molecule has 0 aliphatic heterocycles. The molecule has 2 heteroatoms. The van der Waals surface area contributed by atoms with Crippen LogP contribution in [-0.2, 0) is 5.41 Å². The van der Waals surface area contributed by atoms with Gasteiger partial charge in [0.1, 0.15) is 0 Å². The fraction of sp³-hybridized carbons (Fsp3) is 0.132. The van der Waals surface area contributed by atoms with Gasteiger partial charge in [-0.1, -0.05) is 134 Å². The molecular formula is C53H40N2. The molecule has 3 aliphatic carbocycles. The van der Waals surface area contributed by atoms with E-state index in [0.29, 0.717) is 0 Å². The lowest BCUT2D eigenvalue weighted by atomic mass is 9.66. The SMILES string of the molecule is c1cc(N(c2ccc(-c3cccc4c3-c3ccccc3C43CC4CCC3C4)cc2)c2ccc3ccccc3c2)cc(-n2c3ccccc3c3ccccc32)c1. The van der Waals surface area contributed by atoms with Crippen LogP contribution >= 0.6 is 0 Å². The Morgan fingerprint density at radius 1 is 0.491 bits per heavy atom. The number of hydrogen-bond acceptors (Lipinski definition) is 1. The van der Waals surface area contributed by atoms with Crippen LogP contribution in [0.1, 0.15) is 36.8 Å². The summed E-state index contributed by atoms with van der Waals surface area (Å²) in [7, 11) is 0. The Morgan fingerprint density at radius 3 is 1.93 bits per heavy atom. The first kappa shape index (κ1) is 31.0. The second-order valence-electron chi connectivity index (χ2n) is 16.1. The van der Waals surface area contributed by atoms with Crippen LogP contribution in [0, 0.1) is 11.8 Å². The molecule has 0 N–H and O–H groups in total. The van der Waals surface area contributed by atoms with E-state index in [1.807, 2.05) is 0 Å². The van der Waals surface area contributed by atoms with Crippen molar-refractivity contribution >= 4 is 49.6 Å². The smallest absolute Gasteiger partial charge is 0.0541 e. The van der Waals surface area contributed by atoms with Crippen molar-refractivity contribution in [2.24, 2.45) is 11.8 Å². The minimum Gasteiger partial charge on any atom is -0.310 e. The monoisotopic (exact) mass is 704 g/mol. The van der Waals surface area contributed by atoms with Gasteiger partial charge in [-0.15, -0.1) is 0 Å². The first-order chi connectivity index (χ1) is 27.2. The normalized spacial score (nSPS) is 19.4. The van der Waals surface area contributed by atoms with E-state index in [1.165, 1.54) is 80.5 Å².